The molecular weight excluding hydrogens is 265 g/mol. The second kappa shape index (κ2) is 8.51. The molecule has 0 spiro atoms. The molecule has 2 nitrogen and oxygen atoms in total. The Morgan fingerprint density at radius 3 is 2.68 bits per heavy atom. The van der Waals surface area contributed by atoms with Gasteiger partial charge < -0.3 is 10.1 Å². The first-order valence-corrected chi connectivity index (χ1v) is 7.25. The Morgan fingerprint density at radius 1 is 1.37 bits per heavy atom. The molecule has 1 aromatic rings. The van der Waals surface area contributed by atoms with E-state index in [0.717, 1.165) is 13.0 Å². The van der Waals surface area contributed by atoms with Gasteiger partial charge in [-0.05, 0) is 45.4 Å². The number of benzene rings is 1. The van der Waals surface area contributed by atoms with E-state index < -0.39 is 0 Å². The molecule has 1 N–H and O–H groups in total. The Hall–Kier alpha value is -0.640. The normalized spacial score (nSPS) is 14.4. The molecule has 1 rings (SSSR count). The maximum atomic E-state index is 13.8. The lowest BCUT2D eigenvalue weighted by Crippen LogP contribution is -2.42. The lowest BCUT2D eigenvalue weighted by Gasteiger charge is -2.25. The van der Waals surface area contributed by atoms with E-state index in [1.807, 2.05) is 13.8 Å². The molecule has 0 fully saturated rings. The molecule has 108 valence electrons. The van der Waals surface area contributed by atoms with Crippen LogP contribution in [0.25, 0.3) is 0 Å². The molecule has 0 aliphatic heterocycles. The van der Waals surface area contributed by atoms with Crippen molar-refractivity contribution in [2.45, 2.75) is 45.8 Å². The van der Waals surface area contributed by atoms with Crippen molar-refractivity contribution in [1.82, 2.24) is 5.32 Å². The fourth-order valence-electron chi connectivity index (χ4n) is 2.06. The Morgan fingerprint density at radius 2 is 2.11 bits per heavy atom. The van der Waals surface area contributed by atoms with Crippen LogP contribution in [0.1, 0.15) is 32.8 Å². The van der Waals surface area contributed by atoms with E-state index in [1.165, 1.54) is 6.07 Å². The fourth-order valence-corrected chi connectivity index (χ4v) is 2.30. The summed E-state index contributed by atoms with van der Waals surface area (Å²) in [6, 6.07) is 4.86. The van der Waals surface area contributed by atoms with Crippen LogP contribution in [-0.4, -0.2) is 25.3 Å². The topological polar surface area (TPSA) is 21.3 Å². The van der Waals surface area contributed by atoms with Crippen LogP contribution >= 0.6 is 11.6 Å². The summed E-state index contributed by atoms with van der Waals surface area (Å²) < 4.78 is 19.5. The first-order valence-electron chi connectivity index (χ1n) is 6.88. The number of hydrogen-bond acceptors (Lipinski definition) is 2. The van der Waals surface area contributed by atoms with Gasteiger partial charge in [0, 0.05) is 23.2 Å². The van der Waals surface area contributed by atoms with Crippen molar-refractivity contribution in [3.05, 3.63) is 34.6 Å². The molecule has 0 saturated carbocycles. The highest BCUT2D eigenvalue weighted by Crippen LogP contribution is 2.21. The molecule has 0 bridgehead atoms. The molecule has 0 aliphatic carbocycles. The van der Waals surface area contributed by atoms with Crippen LogP contribution in [0.15, 0.2) is 18.2 Å². The number of hydrogen-bond donors (Lipinski definition) is 1. The van der Waals surface area contributed by atoms with Gasteiger partial charge in [0.2, 0.25) is 0 Å². The Kier molecular flexibility index (Phi) is 7.36. The average molecular weight is 288 g/mol. The summed E-state index contributed by atoms with van der Waals surface area (Å²) in [5, 5.41) is 3.89. The van der Waals surface area contributed by atoms with Crippen LogP contribution in [0.2, 0.25) is 5.02 Å². The zero-order valence-electron chi connectivity index (χ0n) is 11.9. The minimum absolute atomic E-state index is 0.0206. The highest BCUT2D eigenvalue weighted by Gasteiger charge is 2.20. The lowest BCUT2D eigenvalue weighted by atomic mass is 10.0. The van der Waals surface area contributed by atoms with E-state index in [2.05, 4.69) is 12.2 Å². The number of halogens is 2. The standard InChI is InChI=1S/C15H23ClFNO/c1-4-9-18-15(11(3)19-5-2)10-12-13(16)7-6-8-14(12)17/h6-8,11,15,18H,4-5,9-10H2,1-3H3. The monoisotopic (exact) mass is 287 g/mol. The third-order valence-electron chi connectivity index (χ3n) is 3.14. The smallest absolute Gasteiger partial charge is 0.127 e. The molecular formula is C15H23ClFNO. The quantitative estimate of drug-likeness (QED) is 0.785. The van der Waals surface area contributed by atoms with Gasteiger partial charge in [-0.1, -0.05) is 24.6 Å². The zero-order valence-corrected chi connectivity index (χ0v) is 12.6. The fraction of sp³-hybridized carbons (Fsp3) is 0.600. The second-order valence-electron chi connectivity index (χ2n) is 4.63. The van der Waals surface area contributed by atoms with Crippen LogP contribution in [0.3, 0.4) is 0 Å². The Labute approximate surface area is 120 Å². The van der Waals surface area contributed by atoms with E-state index in [-0.39, 0.29) is 18.0 Å². The Balaban J connectivity index is 2.81. The first-order chi connectivity index (χ1) is 9.10. The molecule has 0 saturated heterocycles. The van der Waals surface area contributed by atoms with Crippen LogP contribution in [0.4, 0.5) is 4.39 Å². The maximum absolute atomic E-state index is 13.8. The van der Waals surface area contributed by atoms with E-state index in [1.54, 1.807) is 12.1 Å². The van der Waals surface area contributed by atoms with Gasteiger partial charge in [-0.3, -0.25) is 0 Å². The van der Waals surface area contributed by atoms with Crippen LogP contribution in [0.5, 0.6) is 0 Å². The van der Waals surface area contributed by atoms with Gasteiger partial charge in [-0.25, -0.2) is 4.39 Å². The summed E-state index contributed by atoms with van der Waals surface area (Å²) in [6.45, 7) is 7.60. The minimum atomic E-state index is -0.250. The summed E-state index contributed by atoms with van der Waals surface area (Å²) >= 11 is 6.08. The zero-order chi connectivity index (χ0) is 14.3. The van der Waals surface area contributed by atoms with E-state index in [9.17, 15) is 4.39 Å². The molecule has 0 radical (unpaired) electrons. The van der Waals surface area contributed by atoms with Crippen molar-refractivity contribution in [3.8, 4) is 0 Å². The molecule has 0 aliphatic rings. The van der Waals surface area contributed by atoms with Gasteiger partial charge in [0.05, 0.1) is 6.10 Å². The molecule has 4 heteroatoms. The van der Waals surface area contributed by atoms with Crippen molar-refractivity contribution in [2.24, 2.45) is 0 Å². The maximum Gasteiger partial charge on any atom is 0.127 e. The number of rotatable bonds is 8. The molecule has 0 heterocycles. The molecule has 1 aromatic carbocycles. The van der Waals surface area contributed by atoms with Crippen molar-refractivity contribution < 1.29 is 9.13 Å². The number of ether oxygens (including phenoxy) is 1. The van der Waals surface area contributed by atoms with Gasteiger partial charge in [0.15, 0.2) is 0 Å². The summed E-state index contributed by atoms with van der Waals surface area (Å²) in [7, 11) is 0. The van der Waals surface area contributed by atoms with Gasteiger partial charge in [-0.2, -0.15) is 0 Å². The van der Waals surface area contributed by atoms with E-state index in [0.29, 0.717) is 23.6 Å². The van der Waals surface area contributed by atoms with Crippen molar-refractivity contribution >= 4 is 11.6 Å². The summed E-state index contributed by atoms with van der Waals surface area (Å²) in [4.78, 5) is 0. The lowest BCUT2D eigenvalue weighted by molar-refractivity contribution is 0.0474. The van der Waals surface area contributed by atoms with Gasteiger partial charge in [-0.15, -0.1) is 0 Å². The number of nitrogens with one attached hydrogen (secondary N) is 1. The predicted octanol–water partition coefficient (Wildman–Crippen LogP) is 3.81. The Bertz CT molecular complexity index is 366. The predicted molar refractivity (Wildman–Crippen MR) is 78.3 cm³/mol. The highest BCUT2D eigenvalue weighted by molar-refractivity contribution is 6.31. The first kappa shape index (κ1) is 16.4. The van der Waals surface area contributed by atoms with Crippen LogP contribution < -0.4 is 5.32 Å². The van der Waals surface area contributed by atoms with E-state index >= 15 is 0 Å². The summed E-state index contributed by atoms with van der Waals surface area (Å²) in [5.74, 6) is -0.250. The SMILES string of the molecule is CCCNC(Cc1c(F)cccc1Cl)C(C)OCC. The third-order valence-corrected chi connectivity index (χ3v) is 3.49. The van der Waals surface area contributed by atoms with Crippen LogP contribution in [-0.2, 0) is 11.2 Å². The van der Waals surface area contributed by atoms with Crippen molar-refractivity contribution in [1.29, 1.82) is 0 Å². The average Bonchev–Trinajstić information content (AvgIpc) is 2.37. The molecule has 2 unspecified atom stereocenters. The summed E-state index contributed by atoms with van der Waals surface area (Å²) in [6.07, 6.45) is 1.58. The van der Waals surface area contributed by atoms with Crippen LogP contribution in [0, 0.1) is 5.82 Å². The van der Waals surface area contributed by atoms with Gasteiger partial charge >= 0.3 is 0 Å². The van der Waals surface area contributed by atoms with Gasteiger partial charge in [0.1, 0.15) is 5.82 Å². The highest BCUT2D eigenvalue weighted by atomic mass is 35.5. The minimum Gasteiger partial charge on any atom is -0.377 e. The third kappa shape index (κ3) is 5.09. The van der Waals surface area contributed by atoms with Crippen molar-refractivity contribution in [3.63, 3.8) is 0 Å². The second-order valence-corrected chi connectivity index (χ2v) is 5.03. The van der Waals surface area contributed by atoms with Crippen molar-refractivity contribution in [2.75, 3.05) is 13.2 Å². The largest absolute Gasteiger partial charge is 0.377 e. The molecule has 0 aromatic heterocycles. The summed E-state index contributed by atoms with van der Waals surface area (Å²) in [5.41, 5.74) is 0.560. The molecule has 0 amide bonds. The van der Waals surface area contributed by atoms with E-state index in [4.69, 9.17) is 16.3 Å². The molecule has 2 atom stereocenters. The molecule has 19 heavy (non-hydrogen) atoms. The van der Waals surface area contributed by atoms with Gasteiger partial charge in [0.25, 0.3) is 0 Å².